The zero-order valence-corrected chi connectivity index (χ0v) is 15.7. The van der Waals surface area contributed by atoms with Crippen LogP contribution < -0.4 is 0 Å². The summed E-state index contributed by atoms with van der Waals surface area (Å²) in [5.41, 5.74) is 0.978. The molecule has 1 fully saturated rings. The maximum atomic E-state index is 11.1. The van der Waals surface area contributed by atoms with Gasteiger partial charge in [-0.25, -0.2) is 9.59 Å². The Morgan fingerprint density at radius 2 is 1.50 bits per heavy atom. The van der Waals surface area contributed by atoms with Crippen LogP contribution in [0.5, 0.6) is 0 Å². The molecule has 0 radical (unpaired) electrons. The van der Waals surface area contributed by atoms with Crippen molar-refractivity contribution in [3.05, 3.63) is 24.3 Å². The number of hydrogen-bond acceptors (Lipinski definition) is 4. The van der Waals surface area contributed by atoms with Crippen LogP contribution in [0.4, 0.5) is 0 Å². The first-order valence-electron chi connectivity index (χ1n) is 9.07. The van der Waals surface area contributed by atoms with Gasteiger partial charge in [0.2, 0.25) is 0 Å². The highest BCUT2D eigenvalue weighted by atomic mass is 16.5. The zero-order valence-electron chi connectivity index (χ0n) is 15.7. The summed E-state index contributed by atoms with van der Waals surface area (Å²) in [5.74, 6) is -0.506. The largest absolute Gasteiger partial charge is 0.462 e. The molecule has 1 aliphatic rings. The van der Waals surface area contributed by atoms with Gasteiger partial charge in [-0.05, 0) is 46.0 Å². The normalized spacial score (nSPS) is 14.1. The van der Waals surface area contributed by atoms with Crippen LogP contribution in [0.25, 0.3) is 0 Å². The van der Waals surface area contributed by atoms with E-state index in [1.54, 1.807) is 13.8 Å². The number of hydrogen-bond donors (Lipinski definition) is 0. The van der Waals surface area contributed by atoms with Gasteiger partial charge in [-0.15, -0.1) is 0 Å². The number of esters is 2. The first kappa shape index (κ1) is 22.4. The van der Waals surface area contributed by atoms with Crippen LogP contribution in [0.1, 0.15) is 78.6 Å². The Bertz CT molecular complexity index is 406. The van der Waals surface area contributed by atoms with Crippen LogP contribution >= 0.6 is 0 Å². The van der Waals surface area contributed by atoms with Crippen molar-refractivity contribution >= 4 is 11.9 Å². The van der Waals surface area contributed by atoms with Crippen LogP contribution in [0.3, 0.4) is 0 Å². The Hall–Kier alpha value is -1.58. The van der Waals surface area contributed by atoms with Gasteiger partial charge in [0.1, 0.15) is 6.10 Å². The minimum absolute atomic E-state index is 0.156. The van der Waals surface area contributed by atoms with Gasteiger partial charge < -0.3 is 9.47 Å². The lowest BCUT2D eigenvalue weighted by molar-refractivity contribution is -0.145. The molecule has 0 saturated heterocycles. The zero-order chi connectivity index (χ0) is 18.4. The Morgan fingerprint density at radius 1 is 0.917 bits per heavy atom. The molecule has 138 valence electrons. The monoisotopic (exact) mass is 338 g/mol. The van der Waals surface area contributed by atoms with E-state index in [9.17, 15) is 9.59 Å². The van der Waals surface area contributed by atoms with Gasteiger partial charge in [-0.3, -0.25) is 0 Å². The molecule has 24 heavy (non-hydrogen) atoms. The van der Waals surface area contributed by atoms with Crippen molar-refractivity contribution in [2.45, 2.75) is 84.7 Å². The van der Waals surface area contributed by atoms with Crippen molar-refractivity contribution in [3.63, 3.8) is 0 Å². The molecule has 0 aromatic heterocycles. The summed E-state index contributed by atoms with van der Waals surface area (Å²) in [4.78, 5) is 21.9. The molecule has 4 heteroatoms. The summed E-state index contributed by atoms with van der Waals surface area (Å²) >= 11 is 0. The fourth-order valence-corrected chi connectivity index (χ4v) is 2.25. The molecular formula is C20H34O4. The Balaban J connectivity index is 0.000000441. The average molecular weight is 338 g/mol. The van der Waals surface area contributed by atoms with Crippen LogP contribution in [0, 0.1) is 0 Å². The number of carbonyl (C=O) groups is 2. The van der Waals surface area contributed by atoms with Crippen molar-refractivity contribution < 1.29 is 19.1 Å². The van der Waals surface area contributed by atoms with Crippen LogP contribution in [-0.4, -0.2) is 24.6 Å². The van der Waals surface area contributed by atoms with E-state index in [0.29, 0.717) is 17.8 Å². The molecule has 0 heterocycles. The van der Waals surface area contributed by atoms with Gasteiger partial charge in [0.25, 0.3) is 0 Å². The molecule has 0 aromatic rings. The third kappa shape index (κ3) is 11.9. The number of unbranched alkanes of at least 4 members (excludes halogenated alkanes) is 3. The lowest BCUT2D eigenvalue weighted by Gasteiger charge is -2.21. The van der Waals surface area contributed by atoms with E-state index in [1.165, 1.54) is 32.1 Å². The van der Waals surface area contributed by atoms with Crippen LogP contribution in [-0.2, 0) is 19.1 Å². The lowest BCUT2D eigenvalue weighted by Crippen LogP contribution is -2.20. The highest BCUT2D eigenvalue weighted by Crippen LogP contribution is 2.20. The molecule has 1 aliphatic carbocycles. The van der Waals surface area contributed by atoms with Gasteiger partial charge in [-0.1, -0.05) is 45.8 Å². The second-order valence-corrected chi connectivity index (χ2v) is 6.42. The van der Waals surface area contributed by atoms with Gasteiger partial charge in [0.15, 0.2) is 0 Å². The van der Waals surface area contributed by atoms with E-state index in [4.69, 9.17) is 9.47 Å². The van der Waals surface area contributed by atoms with Crippen LogP contribution in [0.2, 0.25) is 0 Å². The Morgan fingerprint density at radius 3 is 2.00 bits per heavy atom. The second-order valence-electron chi connectivity index (χ2n) is 6.42. The Labute approximate surface area is 147 Å². The Kier molecular flexibility index (Phi) is 12.9. The van der Waals surface area contributed by atoms with E-state index in [2.05, 4.69) is 20.1 Å². The predicted octanol–water partition coefficient (Wildman–Crippen LogP) is 5.12. The minimum atomic E-state index is -0.272. The molecule has 1 rings (SSSR count). The van der Waals surface area contributed by atoms with Crippen molar-refractivity contribution in [3.8, 4) is 0 Å². The van der Waals surface area contributed by atoms with Gasteiger partial charge >= 0.3 is 11.9 Å². The molecule has 0 aromatic carbocycles. The smallest absolute Gasteiger partial charge is 0.333 e. The number of ether oxygens (including phenoxy) is 2. The van der Waals surface area contributed by atoms with E-state index in [-0.39, 0.29) is 18.0 Å². The molecule has 0 atom stereocenters. The molecule has 0 unspecified atom stereocenters. The molecule has 4 nitrogen and oxygen atoms in total. The van der Waals surface area contributed by atoms with Crippen molar-refractivity contribution in [2.75, 3.05) is 6.61 Å². The summed E-state index contributed by atoms with van der Waals surface area (Å²) in [6, 6.07) is 0. The molecule has 0 amide bonds. The quantitative estimate of drug-likeness (QED) is 0.350. The molecule has 0 N–H and O–H groups in total. The molecule has 1 saturated carbocycles. The number of carbonyl (C=O) groups excluding carboxylic acids is 2. The average Bonchev–Trinajstić information content (AvgIpc) is 2.55. The SMILES string of the molecule is C=C(C)C(=O)OC1CCCCC1.C=C(C)C(=O)OCCCCCC. The fraction of sp³-hybridized carbons (Fsp3) is 0.700. The summed E-state index contributed by atoms with van der Waals surface area (Å²) in [6.45, 7) is 13.1. The van der Waals surface area contributed by atoms with Gasteiger partial charge in [0, 0.05) is 11.1 Å². The highest BCUT2D eigenvalue weighted by molar-refractivity contribution is 5.87. The second kappa shape index (κ2) is 13.8. The van der Waals surface area contributed by atoms with Crippen molar-refractivity contribution in [1.29, 1.82) is 0 Å². The maximum absolute atomic E-state index is 11.1. The third-order valence-electron chi connectivity index (χ3n) is 3.75. The first-order valence-corrected chi connectivity index (χ1v) is 9.07. The van der Waals surface area contributed by atoms with E-state index in [1.807, 2.05) is 0 Å². The van der Waals surface area contributed by atoms with Crippen molar-refractivity contribution in [1.82, 2.24) is 0 Å². The lowest BCUT2D eigenvalue weighted by atomic mass is 9.98. The third-order valence-corrected chi connectivity index (χ3v) is 3.75. The first-order chi connectivity index (χ1) is 11.4. The summed E-state index contributed by atoms with van der Waals surface area (Å²) in [6.07, 6.45) is 10.4. The topological polar surface area (TPSA) is 52.6 Å². The molecule has 0 spiro atoms. The highest BCUT2D eigenvalue weighted by Gasteiger charge is 2.17. The molecule has 0 aliphatic heterocycles. The van der Waals surface area contributed by atoms with Gasteiger partial charge in [-0.2, -0.15) is 0 Å². The molecule has 0 bridgehead atoms. The standard InChI is InChI=1S/C10H16O2.C10H18O2/c1-8(2)10(11)12-9-6-4-3-5-7-9;1-4-5-6-7-8-12-10(11)9(2)3/h9H,1,3-7H2,2H3;2,4-8H2,1,3H3. The van der Waals surface area contributed by atoms with Crippen LogP contribution in [0.15, 0.2) is 24.3 Å². The van der Waals surface area contributed by atoms with Gasteiger partial charge in [0.05, 0.1) is 6.61 Å². The maximum Gasteiger partial charge on any atom is 0.333 e. The van der Waals surface area contributed by atoms with Crippen molar-refractivity contribution in [2.24, 2.45) is 0 Å². The van der Waals surface area contributed by atoms with E-state index >= 15 is 0 Å². The number of rotatable bonds is 8. The summed E-state index contributed by atoms with van der Waals surface area (Å²) < 4.78 is 10.1. The van der Waals surface area contributed by atoms with E-state index in [0.717, 1.165) is 25.7 Å². The summed E-state index contributed by atoms with van der Waals surface area (Å²) in [7, 11) is 0. The minimum Gasteiger partial charge on any atom is -0.462 e. The fourth-order valence-electron chi connectivity index (χ4n) is 2.25. The molecular weight excluding hydrogens is 304 g/mol. The summed E-state index contributed by atoms with van der Waals surface area (Å²) in [5, 5.41) is 0. The predicted molar refractivity (Wildman–Crippen MR) is 97.7 cm³/mol. The van der Waals surface area contributed by atoms with E-state index < -0.39 is 0 Å².